The van der Waals surface area contributed by atoms with Crippen LogP contribution in [-0.2, 0) is 0 Å². The minimum absolute atomic E-state index is 0.237. The van der Waals surface area contributed by atoms with Crippen LogP contribution in [0.4, 0.5) is 5.82 Å². The molecule has 1 aliphatic heterocycles. The summed E-state index contributed by atoms with van der Waals surface area (Å²) in [5.41, 5.74) is 1.91. The van der Waals surface area contributed by atoms with Gasteiger partial charge in [-0.15, -0.1) is 0 Å². The minimum Gasteiger partial charge on any atom is -0.396 e. The minimum atomic E-state index is 0.237. The molecule has 6 heteroatoms. The number of nitrogens with zero attached hydrogens (tertiary/aromatic N) is 5. The summed E-state index contributed by atoms with van der Waals surface area (Å²) in [6.07, 6.45) is 1.81. The van der Waals surface area contributed by atoms with Gasteiger partial charge in [0.1, 0.15) is 5.82 Å². The normalized spacial score (nSPS) is 21.7. The molecule has 6 nitrogen and oxygen atoms in total. The van der Waals surface area contributed by atoms with Crippen LogP contribution in [0.3, 0.4) is 0 Å². The molecule has 0 spiro atoms. The highest BCUT2D eigenvalue weighted by Gasteiger charge is 2.34. The highest BCUT2D eigenvalue weighted by Crippen LogP contribution is 2.29. The molecule has 0 radical (unpaired) electrons. The largest absolute Gasteiger partial charge is 0.396 e. The van der Waals surface area contributed by atoms with E-state index in [-0.39, 0.29) is 6.61 Å². The fraction of sp³-hybridized carbons (Fsp3) is 0.765. The number of aliphatic hydroxyl groups excluding tert-OH is 1. The van der Waals surface area contributed by atoms with E-state index in [9.17, 15) is 5.11 Å². The number of aromatic nitrogens is 2. The Bertz CT molecular complexity index is 508. The molecule has 1 aromatic rings. The molecule has 2 unspecified atom stereocenters. The highest BCUT2D eigenvalue weighted by atomic mass is 16.3. The van der Waals surface area contributed by atoms with Gasteiger partial charge in [0.25, 0.3) is 0 Å². The third-order valence-corrected chi connectivity index (χ3v) is 4.64. The van der Waals surface area contributed by atoms with Crippen molar-refractivity contribution in [3.8, 4) is 0 Å². The first-order valence-electron chi connectivity index (χ1n) is 8.40. The number of rotatable bonds is 7. The lowest BCUT2D eigenvalue weighted by Crippen LogP contribution is -2.35. The summed E-state index contributed by atoms with van der Waals surface area (Å²) in [5, 5.41) is 9.77. The molecule has 130 valence electrons. The summed E-state index contributed by atoms with van der Waals surface area (Å²) >= 11 is 0. The Kier molecular flexibility index (Phi) is 6.33. The van der Waals surface area contributed by atoms with Gasteiger partial charge in [-0.25, -0.2) is 4.98 Å². The second-order valence-electron chi connectivity index (χ2n) is 7.09. The van der Waals surface area contributed by atoms with Crippen molar-refractivity contribution in [2.45, 2.75) is 13.8 Å². The van der Waals surface area contributed by atoms with Gasteiger partial charge in [-0.2, -0.15) is 0 Å². The average molecular weight is 321 g/mol. The van der Waals surface area contributed by atoms with Crippen molar-refractivity contribution in [1.82, 2.24) is 19.8 Å². The molecule has 0 aliphatic carbocycles. The van der Waals surface area contributed by atoms with Crippen molar-refractivity contribution in [2.75, 3.05) is 65.4 Å². The van der Waals surface area contributed by atoms with Gasteiger partial charge in [-0.3, -0.25) is 4.98 Å². The van der Waals surface area contributed by atoms with Crippen LogP contribution < -0.4 is 4.90 Å². The van der Waals surface area contributed by atoms with Crippen LogP contribution in [0.25, 0.3) is 0 Å². The lowest BCUT2D eigenvalue weighted by atomic mass is 9.96. The number of aryl methyl sites for hydroxylation is 2. The Balaban J connectivity index is 2.01. The summed E-state index contributed by atoms with van der Waals surface area (Å²) in [6, 6.07) is 0. The predicted octanol–water partition coefficient (Wildman–Crippen LogP) is 0.632. The van der Waals surface area contributed by atoms with Crippen molar-refractivity contribution in [1.29, 1.82) is 0 Å². The zero-order valence-electron chi connectivity index (χ0n) is 15.2. The third kappa shape index (κ3) is 4.86. The van der Waals surface area contributed by atoms with E-state index in [1.54, 1.807) is 0 Å². The van der Waals surface area contributed by atoms with E-state index >= 15 is 0 Å². The standard InChI is InChI=1S/C17H31N5O/c1-13-8-18-14(2)17(19-13)22-10-15(16(11-22)12-23)9-21(5)7-6-20(3)4/h8,15-16,23H,6-7,9-12H2,1-5H3. The van der Waals surface area contributed by atoms with Crippen LogP contribution in [0, 0.1) is 25.7 Å². The molecule has 1 aromatic heterocycles. The van der Waals surface area contributed by atoms with Gasteiger partial charge in [0.15, 0.2) is 0 Å². The molecule has 0 saturated carbocycles. The van der Waals surface area contributed by atoms with Crippen LogP contribution >= 0.6 is 0 Å². The molecule has 2 heterocycles. The van der Waals surface area contributed by atoms with Crippen molar-refractivity contribution < 1.29 is 5.11 Å². The summed E-state index contributed by atoms with van der Waals surface area (Å²) < 4.78 is 0. The van der Waals surface area contributed by atoms with Crippen LogP contribution in [0.2, 0.25) is 0 Å². The van der Waals surface area contributed by atoms with Gasteiger partial charge in [-0.05, 0) is 40.9 Å². The lowest BCUT2D eigenvalue weighted by Gasteiger charge is -2.25. The molecular weight excluding hydrogens is 290 g/mol. The Morgan fingerprint density at radius 1 is 1.17 bits per heavy atom. The maximum Gasteiger partial charge on any atom is 0.150 e. The van der Waals surface area contributed by atoms with Crippen molar-refractivity contribution in [2.24, 2.45) is 11.8 Å². The van der Waals surface area contributed by atoms with Gasteiger partial charge in [0.2, 0.25) is 0 Å². The molecule has 0 aromatic carbocycles. The Morgan fingerprint density at radius 3 is 2.52 bits per heavy atom. The maximum absolute atomic E-state index is 9.77. The van der Waals surface area contributed by atoms with Gasteiger partial charge in [-0.1, -0.05) is 0 Å². The van der Waals surface area contributed by atoms with E-state index in [1.807, 2.05) is 20.0 Å². The first-order chi connectivity index (χ1) is 10.9. The van der Waals surface area contributed by atoms with E-state index in [0.29, 0.717) is 11.8 Å². The molecule has 1 aliphatic rings. The monoisotopic (exact) mass is 321 g/mol. The molecule has 2 atom stereocenters. The molecule has 23 heavy (non-hydrogen) atoms. The van der Waals surface area contributed by atoms with E-state index in [1.165, 1.54) is 0 Å². The molecular formula is C17H31N5O. The Hall–Kier alpha value is -1.24. The molecule has 2 rings (SSSR count). The molecule has 0 bridgehead atoms. The van der Waals surface area contributed by atoms with Crippen LogP contribution in [0.15, 0.2) is 6.20 Å². The van der Waals surface area contributed by atoms with Gasteiger partial charge < -0.3 is 19.8 Å². The maximum atomic E-state index is 9.77. The van der Waals surface area contributed by atoms with Gasteiger partial charge >= 0.3 is 0 Å². The fourth-order valence-electron chi connectivity index (χ4n) is 3.21. The second-order valence-corrected chi connectivity index (χ2v) is 7.09. The van der Waals surface area contributed by atoms with E-state index in [2.05, 4.69) is 45.8 Å². The first kappa shape index (κ1) is 18.1. The third-order valence-electron chi connectivity index (χ3n) is 4.64. The Morgan fingerprint density at radius 2 is 1.87 bits per heavy atom. The number of anilines is 1. The molecule has 1 saturated heterocycles. The summed E-state index contributed by atoms with van der Waals surface area (Å²) in [6.45, 7) is 9.13. The predicted molar refractivity (Wildman–Crippen MR) is 93.8 cm³/mol. The smallest absolute Gasteiger partial charge is 0.150 e. The highest BCUT2D eigenvalue weighted by molar-refractivity contribution is 5.44. The number of hydrogen-bond acceptors (Lipinski definition) is 6. The van der Waals surface area contributed by atoms with Crippen molar-refractivity contribution in [3.05, 3.63) is 17.6 Å². The zero-order valence-corrected chi connectivity index (χ0v) is 15.2. The first-order valence-corrected chi connectivity index (χ1v) is 8.40. The summed E-state index contributed by atoms with van der Waals surface area (Å²) in [7, 11) is 6.36. The van der Waals surface area contributed by atoms with Gasteiger partial charge in [0.05, 0.1) is 11.4 Å². The van der Waals surface area contributed by atoms with Crippen LogP contribution in [0.5, 0.6) is 0 Å². The van der Waals surface area contributed by atoms with Crippen molar-refractivity contribution in [3.63, 3.8) is 0 Å². The van der Waals surface area contributed by atoms with E-state index in [4.69, 9.17) is 0 Å². The number of hydrogen-bond donors (Lipinski definition) is 1. The number of aliphatic hydroxyl groups is 1. The summed E-state index contributed by atoms with van der Waals surface area (Å²) in [4.78, 5) is 15.9. The van der Waals surface area contributed by atoms with E-state index in [0.717, 1.165) is 49.9 Å². The van der Waals surface area contributed by atoms with Crippen LogP contribution in [-0.4, -0.2) is 85.3 Å². The topological polar surface area (TPSA) is 55.7 Å². The SMILES string of the molecule is Cc1cnc(C)c(N2CC(CO)C(CN(C)CCN(C)C)C2)n1. The number of likely N-dealkylation sites (N-methyl/N-ethyl adjacent to an activating group) is 2. The lowest BCUT2D eigenvalue weighted by molar-refractivity contribution is 0.171. The van der Waals surface area contributed by atoms with E-state index < -0.39 is 0 Å². The molecule has 0 amide bonds. The second kappa shape index (κ2) is 8.04. The fourth-order valence-corrected chi connectivity index (χ4v) is 3.21. The van der Waals surface area contributed by atoms with Crippen LogP contribution in [0.1, 0.15) is 11.4 Å². The Labute approximate surface area is 140 Å². The van der Waals surface area contributed by atoms with Crippen molar-refractivity contribution >= 4 is 5.82 Å². The van der Waals surface area contributed by atoms with Gasteiger partial charge in [0, 0.05) is 51.4 Å². The quantitative estimate of drug-likeness (QED) is 0.795. The molecule has 1 N–H and O–H groups in total. The average Bonchev–Trinajstić information content (AvgIpc) is 2.90. The molecule has 1 fully saturated rings. The summed E-state index contributed by atoms with van der Waals surface area (Å²) in [5.74, 6) is 1.74. The zero-order chi connectivity index (χ0) is 17.0.